The summed E-state index contributed by atoms with van der Waals surface area (Å²) in [7, 11) is 3.47. The smallest absolute Gasteiger partial charge is 0.189 e. The second-order valence-corrected chi connectivity index (χ2v) is 5.71. The Morgan fingerprint density at radius 1 is 1.16 bits per heavy atom. The summed E-state index contributed by atoms with van der Waals surface area (Å²) in [6.45, 7) is 0. The highest BCUT2D eigenvalue weighted by Gasteiger charge is 2.20. The van der Waals surface area contributed by atoms with Crippen molar-refractivity contribution in [1.29, 1.82) is 0 Å². The predicted octanol–water partition coefficient (Wildman–Crippen LogP) is 3.63. The van der Waals surface area contributed by atoms with Crippen molar-refractivity contribution >= 4 is 17.3 Å². The van der Waals surface area contributed by atoms with Gasteiger partial charge in [0.05, 0.1) is 7.11 Å². The first-order chi connectivity index (χ1) is 12.0. The number of benzene rings is 2. The molecule has 0 aliphatic carbocycles. The van der Waals surface area contributed by atoms with Gasteiger partial charge >= 0.3 is 0 Å². The third kappa shape index (κ3) is 3.17. The van der Waals surface area contributed by atoms with Crippen LogP contribution in [-0.4, -0.2) is 24.4 Å². The fraction of sp³-hybridized carbons (Fsp3) is 0.100. The van der Waals surface area contributed by atoms with Gasteiger partial charge < -0.3 is 25.6 Å². The number of aliphatic hydroxyl groups excluding tert-OH is 1. The van der Waals surface area contributed by atoms with Crippen LogP contribution in [0.25, 0.3) is 11.6 Å². The van der Waals surface area contributed by atoms with E-state index in [2.05, 4.69) is 0 Å². The maximum atomic E-state index is 9.84. The molecule has 0 aromatic heterocycles. The zero-order valence-corrected chi connectivity index (χ0v) is 14.1. The summed E-state index contributed by atoms with van der Waals surface area (Å²) in [5, 5.41) is 19.5. The minimum atomic E-state index is -0.210. The zero-order chi connectivity index (χ0) is 18.0. The number of aromatic hydroxyl groups is 1. The molecule has 1 heterocycles. The third-order valence-electron chi connectivity index (χ3n) is 4.16. The van der Waals surface area contributed by atoms with Crippen LogP contribution >= 0.6 is 0 Å². The quantitative estimate of drug-likeness (QED) is 0.746. The van der Waals surface area contributed by atoms with E-state index in [0.29, 0.717) is 11.3 Å². The number of aliphatic hydroxyl groups is 1. The topological polar surface area (TPSA) is 79.0 Å². The Labute approximate surface area is 146 Å². The number of ether oxygens (including phenoxy) is 1. The van der Waals surface area contributed by atoms with Crippen LogP contribution in [0.3, 0.4) is 0 Å². The molecule has 0 amide bonds. The van der Waals surface area contributed by atoms with E-state index in [0.717, 1.165) is 22.5 Å². The van der Waals surface area contributed by atoms with Crippen LogP contribution in [0.5, 0.6) is 11.5 Å². The van der Waals surface area contributed by atoms with E-state index >= 15 is 0 Å². The highest BCUT2D eigenvalue weighted by Crippen LogP contribution is 2.36. The lowest BCUT2D eigenvalue weighted by Gasteiger charge is -2.28. The van der Waals surface area contributed by atoms with Crippen molar-refractivity contribution in [3.8, 4) is 11.5 Å². The summed E-state index contributed by atoms with van der Waals surface area (Å²) in [6, 6.07) is 12.9. The molecule has 2 aromatic carbocycles. The van der Waals surface area contributed by atoms with Gasteiger partial charge in [-0.2, -0.15) is 0 Å². The van der Waals surface area contributed by atoms with E-state index in [1.807, 2.05) is 54.4 Å². The number of phenolic OH excluding ortho intramolecular Hbond substituents is 1. The first-order valence-corrected chi connectivity index (χ1v) is 7.80. The van der Waals surface area contributed by atoms with Crippen molar-refractivity contribution in [3.63, 3.8) is 0 Å². The molecule has 2 aromatic rings. The Bertz CT molecular complexity index is 894. The molecule has 25 heavy (non-hydrogen) atoms. The molecule has 0 radical (unpaired) electrons. The molecule has 0 spiro atoms. The number of para-hydroxylation sites is 1. The van der Waals surface area contributed by atoms with Gasteiger partial charge in [0.2, 0.25) is 0 Å². The largest absolute Gasteiger partial charge is 0.504 e. The van der Waals surface area contributed by atoms with E-state index in [1.54, 1.807) is 18.2 Å². The van der Waals surface area contributed by atoms with E-state index in [-0.39, 0.29) is 11.6 Å². The fourth-order valence-electron chi connectivity index (χ4n) is 2.81. The van der Waals surface area contributed by atoms with Gasteiger partial charge in [-0.1, -0.05) is 30.3 Å². The van der Waals surface area contributed by atoms with E-state index in [1.165, 1.54) is 7.11 Å². The number of nitrogens with zero attached hydrogens (tertiary/aromatic N) is 1. The molecule has 0 bridgehead atoms. The number of rotatable bonds is 3. The molecule has 0 atom stereocenters. The molecule has 4 N–H and O–H groups in total. The molecule has 3 rings (SSSR count). The fourth-order valence-corrected chi connectivity index (χ4v) is 2.81. The highest BCUT2D eigenvalue weighted by atomic mass is 16.5. The van der Waals surface area contributed by atoms with E-state index < -0.39 is 0 Å². The normalized spacial score (nSPS) is 15.8. The molecule has 1 aliphatic rings. The highest BCUT2D eigenvalue weighted by molar-refractivity contribution is 5.89. The predicted molar refractivity (Wildman–Crippen MR) is 100 cm³/mol. The molecule has 0 unspecified atom stereocenters. The standard InChI is InChI=1S/C20H20N2O3/c1-22-14(9-7-13-8-10-18(23)19(11-13)25-2)12-16(20(21)24)15-5-3-4-6-17(15)22/h3-12,23-24H,21H2,1-2H3/b9-7+,20-16+. The minimum absolute atomic E-state index is 0.0980. The number of phenols is 1. The zero-order valence-electron chi connectivity index (χ0n) is 14.1. The number of methoxy groups -OCH3 is 1. The number of hydrogen-bond donors (Lipinski definition) is 3. The summed E-state index contributed by atoms with van der Waals surface area (Å²) in [4.78, 5) is 2.02. The lowest BCUT2D eigenvalue weighted by atomic mass is 9.97. The summed E-state index contributed by atoms with van der Waals surface area (Å²) in [5.74, 6) is 0.303. The average Bonchev–Trinajstić information content (AvgIpc) is 2.62. The van der Waals surface area contributed by atoms with Crippen molar-refractivity contribution in [2.75, 3.05) is 19.1 Å². The number of anilines is 1. The molecule has 128 valence electrons. The van der Waals surface area contributed by atoms with E-state index in [9.17, 15) is 10.2 Å². The molecule has 5 heteroatoms. The van der Waals surface area contributed by atoms with Crippen LogP contribution in [0.2, 0.25) is 0 Å². The lowest BCUT2D eigenvalue weighted by molar-refractivity contribution is 0.373. The second-order valence-electron chi connectivity index (χ2n) is 5.71. The number of hydrogen-bond acceptors (Lipinski definition) is 5. The van der Waals surface area contributed by atoms with Crippen LogP contribution < -0.4 is 15.4 Å². The maximum Gasteiger partial charge on any atom is 0.189 e. The number of nitrogens with two attached hydrogens (primary N) is 1. The van der Waals surface area contributed by atoms with Gasteiger partial charge in [0.1, 0.15) is 0 Å². The number of allylic oxidation sites excluding steroid dienone is 3. The molecule has 0 saturated carbocycles. The van der Waals surface area contributed by atoms with Gasteiger partial charge in [-0.05, 0) is 35.9 Å². The van der Waals surface area contributed by atoms with Crippen molar-refractivity contribution in [3.05, 3.63) is 77.3 Å². The Balaban J connectivity index is 1.99. The molecule has 0 fully saturated rings. The Hall–Kier alpha value is -3.34. The lowest BCUT2D eigenvalue weighted by Crippen LogP contribution is -2.21. The Kier molecular flexibility index (Phi) is 4.39. The summed E-state index contributed by atoms with van der Waals surface area (Å²) < 4.78 is 5.13. The van der Waals surface area contributed by atoms with E-state index in [4.69, 9.17) is 10.5 Å². The van der Waals surface area contributed by atoms with Crippen molar-refractivity contribution in [2.45, 2.75) is 0 Å². The van der Waals surface area contributed by atoms with Gasteiger partial charge in [-0.25, -0.2) is 0 Å². The van der Waals surface area contributed by atoms with Crippen LogP contribution in [0.15, 0.2) is 66.2 Å². The van der Waals surface area contributed by atoms with Crippen molar-refractivity contribution < 1.29 is 14.9 Å². The van der Waals surface area contributed by atoms with Gasteiger partial charge in [0.15, 0.2) is 17.4 Å². The molecule has 5 nitrogen and oxygen atoms in total. The van der Waals surface area contributed by atoms with Crippen LogP contribution in [0.1, 0.15) is 11.1 Å². The van der Waals surface area contributed by atoms with Crippen molar-refractivity contribution in [2.24, 2.45) is 5.73 Å². The first kappa shape index (κ1) is 16.5. The van der Waals surface area contributed by atoms with Gasteiger partial charge in [-0.15, -0.1) is 0 Å². The SMILES string of the molecule is COc1cc(/C=C/C2=CC(=C(/N)O)/c3ccccc3N2C)ccc1O. The van der Waals surface area contributed by atoms with Gasteiger partial charge in [-0.3, -0.25) is 0 Å². The Morgan fingerprint density at radius 2 is 1.92 bits per heavy atom. The summed E-state index contributed by atoms with van der Waals surface area (Å²) in [6.07, 6.45) is 5.67. The number of likely N-dealkylation sites (N-methyl/N-ethyl adjacent to an activating group) is 1. The summed E-state index contributed by atoms with van der Waals surface area (Å²) >= 11 is 0. The van der Waals surface area contributed by atoms with Crippen LogP contribution in [-0.2, 0) is 0 Å². The van der Waals surface area contributed by atoms with Crippen LogP contribution in [0, 0.1) is 0 Å². The third-order valence-corrected chi connectivity index (χ3v) is 4.16. The second kappa shape index (κ2) is 6.65. The van der Waals surface area contributed by atoms with Gasteiger partial charge in [0.25, 0.3) is 0 Å². The molecular weight excluding hydrogens is 316 g/mol. The maximum absolute atomic E-state index is 9.84. The monoisotopic (exact) mass is 336 g/mol. The Morgan fingerprint density at radius 3 is 2.64 bits per heavy atom. The average molecular weight is 336 g/mol. The number of fused-ring (bicyclic) bond motifs is 1. The first-order valence-electron chi connectivity index (χ1n) is 7.80. The molecule has 0 saturated heterocycles. The molecule has 1 aliphatic heterocycles. The molecular formula is C20H20N2O3. The van der Waals surface area contributed by atoms with Crippen molar-refractivity contribution in [1.82, 2.24) is 0 Å². The van der Waals surface area contributed by atoms with Crippen LogP contribution in [0.4, 0.5) is 5.69 Å². The van der Waals surface area contributed by atoms with Gasteiger partial charge in [0, 0.05) is 29.6 Å². The summed E-state index contributed by atoms with van der Waals surface area (Å²) in [5.41, 5.74) is 9.84. The minimum Gasteiger partial charge on any atom is -0.504 e.